The Morgan fingerprint density at radius 3 is 2.95 bits per heavy atom. The lowest BCUT2D eigenvalue weighted by molar-refractivity contribution is -0.122. The molecule has 1 N–H and O–H groups in total. The molecule has 6 heteroatoms. The summed E-state index contributed by atoms with van der Waals surface area (Å²) in [5.74, 6) is -0.240. The summed E-state index contributed by atoms with van der Waals surface area (Å²) in [6, 6.07) is 7.14. The monoisotopic (exact) mass is 298 g/mol. The first-order valence-electron chi connectivity index (χ1n) is 7.49. The van der Waals surface area contributed by atoms with Crippen molar-refractivity contribution in [3.8, 4) is 0 Å². The molecule has 0 aromatic carbocycles. The van der Waals surface area contributed by atoms with Gasteiger partial charge in [-0.05, 0) is 43.4 Å². The number of aromatic nitrogens is 3. The van der Waals surface area contributed by atoms with Crippen molar-refractivity contribution in [3.63, 3.8) is 0 Å². The van der Waals surface area contributed by atoms with Gasteiger partial charge in [-0.25, -0.2) is 4.68 Å². The van der Waals surface area contributed by atoms with Gasteiger partial charge in [0.15, 0.2) is 0 Å². The quantitative estimate of drug-likeness (QED) is 0.907. The van der Waals surface area contributed by atoms with Gasteiger partial charge in [0.25, 0.3) is 5.56 Å². The van der Waals surface area contributed by atoms with E-state index < -0.39 is 0 Å². The molecule has 22 heavy (non-hydrogen) atoms. The summed E-state index contributed by atoms with van der Waals surface area (Å²) < 4.78 is 1.25. The SMILES string of the molecule is O=C(Cn1nc2c(cc1=O)CCCC2)NCc1ccccn1. The molecule has 0 fully saturated rings. The summed E-state index contributed by atoms with van der Waals surface area (Å²) in [6.07, 6.45) is 5.65. The number of rotatable bonds is 4. The lowest BCUT2D eigenvalue weighted by Crippen LogP contribution is -2.34. The van der Waals surface area contributed by atoms with Crippen LogP contribution in [-0.4, -0.2) is 20.7 Å². The Labute approximate surface area is 128 Å². The molecule has 114 valence electrons. The van der Waals surface area contributed by atoms with Crippen LogP contribution in [0.25, 0.3) is 0 Å². The summed E-state index contributed by atoms with van der Waals surface area (Å²) in [5, 5.41) is 7.09. The molecule has 2 aromatic rings. The van der Waals surface area contributed by atoms with Gasteiger partial charge in [-0.1, -0.05) is 6.07 Å². The minimum absolute atomic E-state index is 0.0566. The lowest BCUT2D eigenvalue weighted by Gasteiger charge is -2.15. The zero-order chi connectivity index (χ0) is 15.4. The maximum atomic E-state index is 12.0. The zero-order valence-corrected chi connectivity index (χ0v) is 12.3. The molecule has 2 heterocycles. The van der Waals surface area contributed by atoms with Gasteiger partial charge in [0.1, 0.15) is 6.54 Å². The van der Waals surface area contributed by atoms with Crippen molar-refractivity contribution in [1.82, 2.24) is 20.1 Å². The molecular formula is C16H18N4O2. The van der Waals surface area contributed by atoms with E-state index in [1.165, 1.54) is 4.68 Å². The third kappa shape index (κ3) is 3.39. The van der Waals surface area contributed by atoms with Gasteiger partial charge in [-0.15, -0.1) is 0 Å². The van der Waals surface area contributed by atoms with Crippen LogP contribution in [0, 0.1) is 0 Å². The highest BCUT2D eigenvalue weighted by Gasteiger charge is 2.14. The van der Waals surface area contributed by atoms with Gasteiger partial charge in [-0.3, -0.25) is 14.6 Å². The minimum Gasteiger partial charge on any atom is -0.349 e. The fraction of sp³-hybridized carbons (Fsp3) is 0.375. The molecule has 6 nitrogen and oxygen atoms in total. The van der Waals surface area contributed by atoms with Crippen molar-refractivity contribution in [2.24, 2.45) is 0 Å². The number of nitrogens with zero attached hydrogens (tertiary/aromatic N) is 3. The second-order valence-corrected chi connectivity index (χ2v) is 5.42. The highest BCUT2D eigenvalue weighted by molar-refractivity contribution is 5.75. The number of fused-ring (bicyclic) bond motifs is 1. The first kappa shape index (κ1) is 14.4. The normalized spacial score (nSPS) is 13.5. The summed E-state index contributed by atoms with van der Waals surface area (Å²) in [4.78, 5) is 28.1. The summed E-state index contributed by atoms with van der Waals surface area (Å²) in [6.45, 7) is 0.290. The Kier molecular flexibility index (Phi) is 4.27. The van der Waals surface area contributed by atoms with Crippen molar-refractivity contribution in [3.05, 3.63) is 57.8 Å². The summed E-state index contributed by atoms with van der Waals surface area (Å²) in [7, 11) is 0. The Bertz CT molecular complexity index is 725. The van der Waals surface area contributed by atoms with Crippen LogP contribution in [0.2, 0.25) is 0 Å². The molecule has 0 radical (unpaired) electrons. The molecule has 1 aliphatic rings. The molecule has 0 bridgehead atoms. The first-order chi connectivity index (χ1) is 10.7. The van der Waals surface area contributed by atoms with Crippen LogP contribution in [0.4, 0.5) is 0 Å². The molecule has 0 aliphatic heterocycles. The zero-order valence-electron chi connectivity index (χ0n) is 12.3. The van der Waals surface area contributed by atoms with Gasteiger partial charge in [0.05, 0.1) is 17.9 Å². The van der Waals surface area contributed by atoms with Gasteiger partial charge < -0.3 is 5.32 Å². The Morgan fingerprint density at radius 1 is 1.27 bits per heavy atom. The number of hydrogen-bond acceptors (Lipinski definition) is 4. The molecule has 0 spiro atoms. The van der Waals surface area contributed by atoms with Crippen LogP contribution in [0.15, 0.2) is 35.3 Å². The van der Waals surface area contributed by atoms with Crippen LogP contribution >= 0.6 is 0 Å². The van der Waals surface area contributed by atoms with Crippen molar-refractivity contribution in [2.45, 2.75) is 38.8 Å². The van der Waals surface area contributed by atoms with E-state index in [2.05, 4.69) is 15.4 Å². The predicted molar refractivity (Wildman–Crippen MR) is 81.2 cm³/mol. The van der Waals surface area contributed by atoms with Crippen LogP contribution in [0.5, 0.6) is 0 Å². The second kappa shape index (κ2) is 6.51. The number of nitrogens with one attached hydrogen (secondary N) is 1. The van der Waals surface area contributed by atoms with E-state index in [0.717, 1.165) is 42.6 Å². The molecular weight excluding hydrogens is 280 g/mol. The molecule has 1 amide bonds. The number of carbonyl (C=O) groups excluding carboxylic acids is 1. The van der Waals surface area contributed by atoms with Gasteiger partial charge in [0, 0.05) is 12.3 Å². The highest BCUT2D eigenvalue weighted by Crippen LogP contribution is 2.16. The number of aryl methyl sites for hydroxylation is 2. The summed E-state index contributed by atoms with van der Waals surface area (Å²) >= 11 is 0. The fourth-order valence-corrected chi connectivity index (χ4v) is 2.60. The second-order valence-electron chi connectivity index (χ2n) is 5.42. The molecule has 2 aromatic heterocycles. The van der Waals surface area contributed by atoms with E-state index in [1.807, 2.05) is 18.2 Å². The maximum Gasteiger partial charge on any atom is 0.267 e. The van der Waals surface area contributed by atoms with E-state index in [1.54, 1.807) is 12.3 Å². The molecule has 0 saturated heterocycles. The minimum atomic E-state index is -0.240. The lowest BCUT2D eigenvalue weighted by atomic mass is 9.97. The van der Waals surface area contributed by atoms with Crippen molar-refractivity contribution in [1.29, 1.82) is 0 Å². The topological polar surface area (TPSA) is 76.9 Å². The van der Waals surface area contributed by atoms with Gasteiger partial charge in [0.2, 0.25) is 5.91 Å². The third-order valence-electron chi connectivity index (χ3n) is 3.76. The van der Waals surface area contributed by atoms with E-state index in [0.29, 0.717) is 6.54 Å². The first-order valence-corrected chi connectivity index (χ1v) is 7.49. The largest absolute Gasteiger partial charge is 0.349 e. The fourth-order valence-electron chi connectivity index (χ4n) is 2.60. The summed E-state index contributed by atoms with van der Waals surface area (Å²) in [5.41, 5.74) is 2.54. The average Bonchev–Trinajstić information content (AvgIpc) is 2.55. The maximum absolute atomic E-state index is 12.0. The smallest absolute Gasteiger partial charge is 0.267 e. The Morgan fingerprint density at radius 2 is 2.14 bits per heavy atom. The van der Waals surface area contributed by atoms with E-state index in [9.17, 15) is 9.59 Å². The number of hydrogen-bond donors (Lipinski definition) is 1. The number of amides is 1. The average molecular weight is 298 g/mol. The van der Waals surface area contributed by atoms with Crippen LogP contribution in [0.1, 0.15) is 29.8 Å². The molecule has 3 rings (SSSR count). The van der Waals surface area contributed by atoms with E-state index in [-0.39, 0.29) is 18.0 Å². The third-order valence-corrected chi connectivity index (χ3v) is 3.76. The van der Waals surface area contributed by atoms with Crippen molar-refractivity contribution < 1.29 is 4.79 Å². The van der Waals surface area contributed by atoms with Gasteiger partial charge >= 0.3 is 0 Å². The van der Waals surface area contributed by atoms with E-state index >= 15 is 0 Å². The predicted octanol–water partition coefficient (Wildman–Crippen LogP) is 0.833. The molecule has 1 aliphatic carbocycles. The number of pyridine rings is 1. The molecule has 0 atom stereocenters. The molecule has 0 unspecified atom stereocenters. The number of carbonyl (C=O) groups is 1. The van der Waals surface area contributed by atoms with Crippen molar-refractivity contribution in [2.75, 3.05) is 0 Å². The highest BCUT2D eigenvalue weighted by atomic mass is 16.2. The van der Waals surface area contributed by atoms with Crippen molar-refractivity contribution >= 4 is 5.91 Å². The van der Waals surface area contributed by atoms with Crippen LogP contribution in [0.3, 0.4) is 0 Å². The Balaban J connectivity index is 1.65. The van der Waals surface area contributed by atoms with Gasteiger partial charge in [-0.2, -0.15) is 5.10 Å². The van der Waals surface area contributed by atoms with Crippen LogP contribution in [-0.2, 0) is 30.7 Å². The van der Waals surface area contributed by atoms with E-state index in [4.69, 9.17) is 0 Å². The molecule has 0 saturated carbocycles. The van der Waals surface area contributed by atoms with Crippen LogP contribution < -0.4 is 10.9 Å². The Hall–Kier alpha value is -2.50. The standard InChI is InChI=1S/C16H18N4O2/c21-15(18-10-13-6-3-4-8-17-13)11-20-16(22)9-12-5-1-2-7-14(12)19-20/h3-4,6,8-9H,1-2,5,7,10-11H2,(H,18,21).